The number of hydrogen-bond acceptors (Lipinski definition) is 3. The number of hydrogen-bond donors (Lipinski definition) is 1. The number of carbonyl (C=O) groups excluding carboxylic acids is 1. The first-order valence-corrected chi connectivity index (χ1v) is 7.29. The van der Waals surface area contributed by atoms with Crippen LogP contribution >= 0.6 is 12.4 Å². The molecule has 118 valence electrons. The van der Waals surface area contributed by atoms with Crippen molar-refractivity contribution in [3.8, 4) is 5.69 Å². The van der Waals surface area contributed by atoms with Crippen LogP contribution in [0.1, 0.15) is 23.0 Å². The smallest absolute Gasteiger partial charge is 0.254 e. The molecule has 2 aromatic rings. The first-order valence-electron chi connectivity index (χ1n) is 7.29. The topological polar surface area (TPSA) is 50.2 Å². The number of aryl methyl sites for hydroxylation is 1. The molecule has 1 aliphatic heterocycles. The highest BCUT2D eigenvalue weighted by atomic mass is 35.5. The Morgan fingerprint density at radius 3 is 2.59 bits per heavy atom. The molecule has 0 spiro atoms. The summed E-state index contributed by atoms with van der Waals surface area (Å²) in [6, 6.07) is 9.83. The Labute approximate surface area is 136 Å². The van der Waals surface area contributed by atoms with Crippen molar-refractivity contribution in [3.05, 3.63) is 47.8 Å². The van der Waals surface area contributed by atoms with Gasteiger partial charge >= 0.3 is 0 Å². The fraction of sp³-hybridized carbons (Fsp3) is 0.375. The van der Waals surface area contributed by atoms with E-state index in [9.17, 15) is 4.79 Å². The molecule has 1 aromatic carbocycles. The van der Waals surface area contributed by atoms with E-state index in [1.54, 1.807) is 0 Å². The maximum atomic E-state index is 12.5. The van der Waals surface area contributed by atoms with E-state index in [0.717, 1.165) is 36.6 Å². The predicted octanol–water partition coefficient (Wildman–Crippen LogP) is 2.04. The molecule has 1 fully saturated rings. The number of aromatic nitrogens is 2. The Morgan fingerprint density at radius 2 is 2.00 bits per heavy atom. The molecule has 0 bridgehead atoms. The molecule has 0 saturated carbocycles. The van der Waals surface area contributed by atoms with Crippen LogP contribution < -0.4 is 5.32 Å². The lowest BCUT2D eigenvalue weighted by Gasteiger charge is -2.34. The molecule has 1 N–H and O–H groups in total. The van der Waals surface area contributed by atoms with E-state index in [4.69, 9.17) is 0 Å². The number of amides is 1. The highest BCUT2D eigenvalue weighted by Crippen LogP contribution is 2.14. The lowest BCUT2D eigenvalue weighted by atomic mass is 10.1. The van der Waals surface area contributed by atoms with E-state index in [1.165, 1.54) is 0 Å². The second-order valence-electron chi connectivity index (χ2n) is 5.50. The van der Waals surface area contributed by atoms with Crippen LogP contribution in [0.3, 0.4) is 0 Å². The molecule has 3 rings (SSSR count). The van der Waals surface area contributed by atoms with Gasteiger partial charge < -0.3 is 10.2 Å². The standard InChI is InChI=1S/C16H20N4O.ClH/c1-12-7-9-20(18-12)15-5-3-14(4-6-15)16(21)19-10-8-17-11-13(19)2;/h3-7,9,13,17H,8,10-11H2,1-2H3;1H/t13-;/m1./s1. The van der Waals surface area contributed by atoms with Gasteiger partial charge in [0.1, 0.15) is 0 Å². The maximum absolute atomic E-state index is 12.5. The normalized spacial score (nSPS) is 17.9. The molecule has 6 heteroatoms. The van der Waals surface area contributed by atoms with Crippen molar-refractivity contribution in [2.75, 3.05) is 19.6 Å². The summed E-state index contributed by atoms with van der Waals surface area (Å²) in [4.78, 5) is 14.5. The lowest BCUT2D eigenvalue weighted by molar-refractivity contribution is 0.0656. The lowest BCUT2D eigenvalue weighted by Crippen LogP contribution is -2.52. The van der Waals surface area contributed by atoms with E-state index >= 15 is 0 Å². The van der Waals surface area contributed by atoms with Gasteiger partial charge in [-0.3, -0.25) is 4.79 Å². The van der Waals surface area contributed by atoms with Crippen molar-refractivity contribution in [1.82, 2.24) is 20.0 Å². The van der Waals surface area contributed by atoms with Crippen LogP contribution in [-0.2, 0) is 0 Å². The number of piperazine rings is 1. The Hall–Kier alpha value is -1.85. The van der Waals surface area contributed by atoms with Crippen molar-refractivity contribution in [1.29, 1.82) is 0 Å². The van der Waals surface area contributed by atoms with Gasteiger partial charge in [-0.05, 0) is 44.2 Å². The van der Waals surface area contributed by atoms with Gasteiger partial charge in [-0.1, -0.05) is 0 Å². The fourth-order valence-electron chi connectivity index (χ4n) is 2.62. The minimum atomic E-state index is 0. The third-order valence-corrected chi connectivity index (χ3v) is 3.86. The number of nitrogens with zero attached hydrogens (tertiary/aromatic N) is 3. The molecule has 1 saturated heterocycles. The van der Waals surface area contributed by atoms with Gasteiger partial charge in [-0.25, -0.2) is 4.68 Å². The average molecular weight is 321 g/mol. The van der Waals surface area contributed by atoms with Crippen molar-refractivity contribution in [2.24, 2.45) is 0 Å². The van der Waals surface area contributed by atoms with E-state index in [0.29, 0.717) is 0 Å². The summed E-state index contributed by atoms with van der Waals surface area (Å²) in [5, 5.41) is 7.67. The Balaban J connectivity index is 0.00000176. The second-order valence-corrected chi connectivity index (χ2v) is 5.50. The highest BCUT2D eigenvalue weighted by Gasteiger charge is 2.23. The minimum absolute atomic E-state index is 0. The van der Waals surface area contributed by atoms with Gasteiger partial charge in [0.2, 0.25) is 0 Å². The third-order valence-electron chi connectivity index (χ3n) is 3.86. The first kappa shape index (κ1) is 16.5. The summed E-state index contributed by atoms with van der Waals surface area (Å²) in [5.74, 6) is 0.104. The van der Waals surface area contributed by atoms with Gasteiger partial charge in [0, 0.05) is 37.4 Å². The quantitative estimate of drug-likeness (QED) is 0.921. The van der Waals surface area contributed by atoms with Gasteiger partial charge in [0.25, 0.3) is 5.91 Å². The third kappa shape index (κ3) is 3.31. The molecule has 0 unspecified atom stereocenters. The molecule has 2 heterocycles. The van der Waals surface area contributed by atoms with Crippen LogP contribution in [0.5, 0.6) is 0 Å². The average Bonchev–Trinajstić information content (AvgIpc) is 2.94. The van der Waals surface area contributed by atoms with Crippen LogP contribution in [0.25, 0.3) is 5.69 Å². The van der Waals surface area contributed by atoms with Crippen LogP contribution in [0, 0.1) is 6.92 Å². The highest BCUT2D eigenvalue weighted by molar-refractivity contribution is 5.94. The zero-order chi connectivity index (χ0) is 14.8. The first-order chi connectivity index (χ1) is 10.1. The number of rotatable bonds is 2. The van der Waals surface area contributed by atoms with E-state index in [1.807, 2.05) is 53.0 Å². The molecule has 0 aliphatic carbocycles. The monoisotopic (exact) mass is 320 g/mol. The molecule has 1 aliphatic rings. The molecule has 1 atom stereocenters. The van der Waals surface area contributed by atoms with Crippen LogP contribution in [0.4, 0.5) is 0 Å². The summed E-state index contributed by atoms with van der Waals surface area (Å²) < 4.78 is 1.82. The zero-order valence-electron chi connectivity index (χ0n) is 12.8. The second kappa shape index (κ2) is 6.94. The predicted molar refractivity (Wildman–Crippen MR) is 88.9 cm³/mol. The van der Waals surface area contributed by atoms with Crippen molar-refractivity contribution >= 4 is 18.3 Å². The summed E-state index contributed by atoms with van der Waals surface area (Å²) in [6.45, 7) is 6.52. The van der Waals surface area contributed by atoms with E-state index in [2.05, 4.69) is 17.3 Å². The molecule has 22 heavy (non-hydrogen) atoms. The van der Waals surface area contributed by atoms with Gasteiger partial charge in [-0.15, -0.1) is 12.4 Å². The Kier molecular flexibility index (Phi) is 5.21. The van der Waals surface area contributed by atoms with Crippen molar-refractivity contribution in [2.45, 2.75) is 19.9 Å². The van der Waals surface area contributed by atoms with Gasteiger partial charge in [0.05, 0.1) is 11.4 Å². The van der Waals surface area contributed by atoms with Gasteiger partial charge in [-0.2, -0.15) is 5.10 Å². The Bertz CT molecular complexity index is 638. The molecule has 5 nitrogen and oxygen atoms in total. The number of carbonyl (C=O) groups is 1. The van der Waals surface area contributed by atoms with Crippen LogP contribution in [-0.4, -0.2) is 46.3 Å². The minimum Gasteiger partial charge on any atom is -0.333 e. The summed E-state index contributed by atoms with van der Waals surface area (Å²) in [6.07, 6.45) is 1.92. The van der Waals surface area contributed by atoms with Crippen molar-refractivity contribution in [3.63, 3.8) is 0 Å². The maximum Gasteiger partial charge on any atom is 0.254 e. The van der Waals surface area contributed by atoms with Crippen LogP contribution in [0.2, 0.25) is 0 Å². The molecule has 0 radical (unpaired) electrons. The SMILES string of the molecule is Cc1ccn(-c2ccc(C(=O)N3CCNC[C@H]3C)cc2)n1.Cl. The molecular formula is C16H21ClN4O. The summed E-state index contributed by atoms with van der Waals surface area (Å²) in [7, 11) is 0. The molecular weight excluding hydrogens is 300 g/mol. The summed E-state index contributed by atoms with van der Waals surface area (Å²) >= 11 is 0. The number of benzene rings is 1. The zero-order valence-corrected chi connectivity index (χ0v) is 13.6. The largest absolute Gasteiger partial charge is 0.333 e. The fourth-order valence-corrected chi connectivity index (χ4v) is 2.62. The van der Waals surface area contributed by atoms with Crippen molar-refractivity contribution < 1.29 is 4.79 Å². The van der Waals surface area contributed by atoms with Crippen LogP contribution in [0.15, 0.2) is 36.5 Å². The van der Waals surface area contributed by atoms with Gasteiger partial charge in [0.15, 0.2) is 0 Å². The number of halogens is 1. The molecule has 1 aromatic heterocycles. The molecule has 1 amide bonds. The van der Waals surface area contributed by atoms with E-state index < -0.39 is 0 Å². The Morgan fingerprint density at radius 1 is 1.27 bits per heavy atom. The number of nitrogens with one attached hydrogen (secondary N) is 1. The van der Waals surface area contributed by atoms with E-state index in [-0.39, 0.29) is 24.4 Å². The summed E-state index contributed by atoms with van der Waals surface area (Å²) in [5.41, 5.74) is 2.68.